The van der Waals surface area contributed by atoms with E-state index in [1.54, 1.807) is 18.2 Å². The molecule has 1 N–H and O–H groups in total. The van der Waals surface area contributed by atoms with Gasteiger partial charge in [0.1, 0.15) is 5.82 Å². The van der Waals surface area contributed by atoms with E-state index in [0.29, 0.717) is 44.8 Å². The highest BCUT2D eigenvalue weighted by Gasteiger charge is 2.41. The molecule has 186 valence electrons. The zero-order chi connectivity index (χ0) is 24.1. The molecule has 4 rings (SSSR count). The van der Waals surface area contributed by atoms with E-state index in [-0.39, 0.29) is 23.5 Å². The summed E-state index contributed by atoms with van der Waals surface area (Å²) in [5.41, 5.74) is 1.33. The molecule has 3 aliphatic rings. The highest BCUT2D eigenvalue weighted by molar-refractivity contribution is 5.89. The Hall–Kier alpha value is -2.13. The maximum atomic E-state index is 14.7. The number of halogens is 1. The molecule has 0 aromatic heterocycles. The Labute approximate surface area is 201 Å². The molecule has 0 radical (unpaired) electrons. The van der Waals surface area contributed by atoms with Gasteiger partial charge in [0.05, 0.1) is 25.3 Å². The molecule has 1 aliphatic carbocycles. The summed E-state index contributed by atoms with van der Waals surface area (Å²) < 4.78 is 19.7. The van der Waals surface area contributed by atoms with Crippen LogP contribution in [0.1, 0.15) is 37.8 Å². The van der Waals surface area contributed by atoms with Crippen LogP contribution in [0.4, 0.5) is 4.39 Å². The van der Waals surface area contributed by atoms with E-state index in [9.17, 15) is 19.1 Å². The van der Waals surface area contributed by atoms with Crippen LogP contribution in [-0.2, 0) is 14.3 Å². The number of likely N-dealkylation sites (tertiary alicyclic amines) is 1. The van der Waals surface area contributed by atoms with Crippen LogP contribution >= 0.6 is 0 Å². The molecule has 2 heterocycles. The zero-order valence-corrected chi connectivity index (χ0v) is 20.0. The van der Waals surface area contributed by atoms with Crippen LogP contribution < -0.4 is 0 Å². The molecule has 2 unspecified atom stereocenters. The van der Waals surface area contributed by atoms with Gasteiger partial charge in [-0.15, -0.1) is 0 Å². The number of nitrogens with zero attached hydrogens (tertiary/aromatic N) is 3. The van der Waals surface area contributed by atoms with Crippen molar-refractivity contribution in [2.45, 2.75) is 38.3 Å². The number of esters is 1. The average molecular weight is 474 g/mol. The van der Waals surface area contributed by atoms with E-state index in [1.807, 2.05) is 11.8 Å². The topological polar surface area (TPSA) is 73.3 Å². The summed E-state index contributed by atoms with van der Waals surface area (Å²) in [6, 6.07) is 5.96. The van der Waals surface area contributed by atoms with Crippen LogP contribution in [-0.4, -0.2) is 96.6 Å². The fraction of sp³-hybridized carbons (Fsp3) is 0.615. The fourth-order valence-electron chi connectivity index (χ4n) is 4.90. The summed E-state index contributed by atoms with van der Waals surface area (Å²) in [4.78, 5) is 31.3. The lowest BCUT2D eigenvalue weighted by atomic mass is 9.92. The molecular weight excluding hydrogens is 437 g/mol. The Morgan fingerprint density at radius 1 is 1.12 bits per heavy atom. The largest absolute Gasteiger partial charge is 0.465 e. The first kappa shape index (κ1) is 25.0. The predicted molar refractivity (Wildman–Crippen MR) is 127 cm³/mol. The number of ether oxygens (including phenoxy) is 1. The number of piperazine rings is 1. The van der Waals surface area contributed by atoms with Gasteiger partial charge in [-0.1, -0.05) is 24.3 Å². The number of Topliss-reactive ketones (excluding diaryl/α,β-unsaturated/α-hetero) is 1. The summed E-state index contributed by atoms with van der Waals surface area (Å²) in [7, 11) is 0. The molecule has 34 heavy (non-hydrogen) atoms. The summed E-state index contributed by atoms with van der Waals surface area (Å²) in [5.74, 6) is -0.416. The Morgan fingerprint density at radius 3 is 2.50 bits per heavy atom. The van der Waals surface area contributed by atoms with Crippen LogP contribution in [0.3, 0.4) is 0 Å². The summed E-state index contributed by atoms with van der Waals surface area (Å²) in [6.45, 7) is 7.51. The molecular formula is C26H36FN3O4. The predicted octanol–water partition coefficient (Wildman–Crippen LogP) is 2.02. The highest BCUT2D eigenvalue weighted by atomic mass is 19.1. The number of ketones is 1. The first-order valence-electron chi connectivity index (χ1n) is 12.5. The van der Waals surface area contributed by atoms with Gasteiger partial charge in [0.25, 0.3) is 0 Å². The van der Waals surface area contributed by atoms with Crippen molar-refractivity contribution in [3.63, 3.8) is 0 Å². The molecule has 0 bridgehead atoms. The molecule has 2 aliphatic heterocycles. The third-order valence-electron chi connectivity index (χ3n) is 7.05. The number of carbonyl (C=O) groups is 2. The molecule has 0 spiro atoms. The number of aliphatic hydroxyl groups is 1. The number of carbonyl (C=O) groups excluding carboxylic acids is 2. The normalized spacial score (nSPS) is 24.8. The molecule has 2 atom stereocenters. The Kier molecular flexibility index (Phi) is 8.47. The smallest absolute Gasteiger partial charge is 0.320 e. The summed E-state index contributed by atoms with van der Waals surface area (Å²) in [5, 5.41) is 10.6. The van der Waals surface area contributed by atoms with Crippen LogP contribution in [0, 0.1) is 11.7 Å². The van der Waals surface area contributed by atoms with E-state index in [4.69, 9.17) is 4.74 Å². The molecule has 1 saturated carbocycles. The van der Waals surface area contributed by atoms with Crippen molar-refractivity contribution in [1.29, 1.82) is 0 Å². The van der Waals surface area contributed by atoms with Crippen molar-refractivity contribution in [1.82, 2.24) is 14.7 Å². The molecule has 1 aromatic carbocycles. The van der Waals surface area contributed by atoms with Crippen molar-refractivity contribution in [3.8, 4) is 0 Å². The number of aliphatic hydroxyl groups excluding tert-OH is 1. The first-order valence-corrected chi connectivity index (χ1v) is 12.5. The van der Waals surface area contributed by atoms with Crippen molar-refractivity contribution in [2.24, 2.45) is 5.92 Å². The number of piperidine rings is 1. The summed E-state index contributed by atoms with van der Waals surface area (Å²) in [6.07, 6.45) is 3.81. The lowest BCUT2D eigenvalue weighted by Crippen LogP contribution is -2.48. The maximum absolute atomic E-state index is 14.7. The van der Waals surface area contributed by atoms with E-state index >= 15 is 0 Å². The second kappa shape index (κ2) is 11.5. The first-order chi connectivity index (χ1) is 16.5. The Balaban J connectivity index is 1.38. The van der Waals surface area contributed by atoms with Gasteiger partial charge in [0.2, 0.25) is 0 Å². The SMILES string of the molecule is CCOC(=O)CN1CCN(CC=C2CN(C(C(=O)C3CC3)c3ccccc3F)CCC2O)CC1. The van der Waals surface area contributed by atoms with Crippen molar-refractivity contribution >= 4 is 11.8 Å². The van der Waals surface area contributed by atoms with Crippen molar-refractivity contribution in [3.05, 3.63) is 47.3 Å². The lowest BCUT2D eigenvalue weighted by Gasteiger charge is -2.38. The molecule has 1 aromatic rings. The van der Waals surface area contributed by atoms with Gasteiger partial charge in [0.15, 0.2) is 5.78 Å². The minimum atomic E-state index is -0.601. The molecule has 0 amide bonds. The minimum Gasteiger partial charge on any atom is -0.465 e. The van der Waals surface area contributed by atoms with Crippen molar-refractivity contribution in [2.75, 3.05) is 59.0 Å². The van der Waals surface area contributed by atoms with Gasteiger partial charge >= 0.3 is 5.97 Å². The lowest BCUT2D eigenvalue weighted by molar-refractivity contribution is -0.144. The number of rotatable bonds is 9. The van der Waals surface area contributed by atoms with Crippen molar-refractivity contribution < 1.29 is 23.8 Å². The van der Waals surface area contributed by atoms with Crippen LogP contribution in [0.5, 0.6) is 0 Å². The minimum absolute atomic E-state index is 0.0230. The van der Waals surface area contributed by atoms with Crippen LogP contribution in [0.15, 0.2) is 35.9 Å². The number of hydrogen-bond acceptors (Lipinski definition) is 7. The van der Waals surface area contributed by atoms with E-state index < -0.39 is 12.1 Å². The number of hydrogen-bond donors (Lipinski definition) is 1. The summed E-state index contributed by atoms with van der Waals surface area (Å²) >= 11 is 0. The van der Waals surface area contributed by atoms with Gasteiger partial charge in [0, 0.05) is 57.3 Å². The van der Waals surface area contributed by atoms with E-state index in [0.717, 1.165) is 44.6 Å². The Bertz CT molecular complexity index is 896. The second-order valence-electron chi connectivity index (χ2n) is 9.54. The van der Waals surface area contributed by atoms with Gasteiger partial charge < -0.3 is 9.84 Å². The van der Waals surface area contributed by atoms with Gasteiger partial charge in [-0.2, -0.15) is 0 Å². The van der Waals surface area contributed by atoms with Gasteiger partial charge in [-0.3, -0.25) is 24.3 Å². The maximum Gasteiger partial charge on any atom is 0.320 e. The Morgan fingerprint density at radius 2 is 1.82 bits per heavy atom. The monoisotopic (exact) mass is 473 g/mol. The van der Waals surface area contributed by atoms with Crippen LogP contribution in [0.2, 0.25) is 0 Å². The average Bonchev–Trinajstić information content (AvgIpc) is 3.67. The van der Waals surface area contributed by atoms with E-state index in [1.165, 1.54) is 6.07 Å². The molecule has 7 nitrogen and oxygen atoms in total. The van der Waals surface area contributed by atoms with E-state index in [2.05, 4.69) is 15.9 Å². The van der Waals surface area contributed by atoms with Crippen LogP contribution in [0.25, 0.3) is 0 Å². The highest BCUT2D eigenvalue weighted by Crippen LogP contribution is 2.39. The molecule has 3 fully saturated rings. The standard InChI is InChI=1S/C26H36FN3O4/c1-2-34-24(32)18-29-15-13-28(14-16-29)11-9-20-17-30(12-10-23(20)31)25(26(33)19-7-8-19)21-5-3-4-6-22(21)27/h3-6,9,19,23,25,31H,2,7-8,10-18H2,1H3. The quantitative estimate of drug-likeness (QED) is 0.435. The number of benzene rings is 1. The molecule has 2 saturated heterocycles. The fourth-order valence-corrected chi connectivity index (χ4v) is 4.90. The molecule has 8 heteroatoms. The second-order valence-corrected chi connectivity index (χ2v) is 9.54. The van der Waals surface area contributed by atoms with Gasteiger partial charge in [-0.05, 0) is 37.8 Å². The third-order valence-corrected chi connectivity index (χ3v) is 7.05. The van der Waals surface area contributed by atoms with Gasteiger partial charge in [-0.25, -0.2) is 4.39 Å². The zero-order valence-electron chi connectivity index (χ0n) is 20.0. The third kappa shape index (κ3) is 6.30.